The van der Waals surface area contributed by atoms with E-state index in [1.807, 2.05) is 30.3 Å². The first-order valence-corrected chi connectivity index (χ1v) is 10.4. The molecule has 0 fully saturated rings. The lowest BCUT2D eigenvalue weighted by Crippen LogP contribution is -2.26. The van der Waals surface area contributed by atoms with E-state index in [1.165, 1.54) is 7.11 Å². The van der Waals surface area contributed by atoms with E-state index in [0.717, 1.165) is 11.1 Å². The monoisotopic (exact) mass is 452 g/mol. The third-order valence-electron chi connectivity index (χ3n) is 4.96. The Balaban J connectivity index is 1.68. The number of halogens is 1. The zero-order valence-corrected chi connectivity index (χ0v) is 19.0. The molecule has 0 saturated heterocycles. The number of nitrogens with zero attached hydrogens (tertiary/aromatic N) is 1. The Morgan fingerprint density at radius 1 is 0.969 bits per heavy atom. The molecule has 0 unspecified atom stereocenters. The van der Waals surface area contributed by atoms with Crippen molar-refractivity contribution in [1.29, 1.82) is 0 Å². The summed E-state index contributed by atoms with van der Waals surface area (Å²) in [5, 5.41) is 3.21. The molecule has 166 valence electrons. The van der Waals surface area contributed by atoms with E-state index >= 15 is 0 Å². The summed E-state index contributed by atoms with van der Waals surface area (Å²) in [7, 11) is 4.84. The van der Waals surface area contributed by atoms with Gasteiger partial charge in [-0.2, -0.15) is 0 Å². The van der Waals surface area contributed by atoms with Crippen molar-refractivity contribution in [2.45, 2.75) is 13.2 Å². The smallest absolute Gasteiger partial charge is 0.254 e. The van der Waals surface area contributed by atoms with Crippen LogP contribution in [0, 0.1) is 0 Å². The summed E-state index contributed by atoms with van der Waals surface area (Å²) in [6.07, 6.45) is 0. The fraction of sp³-hybridized carbons (Fsp3) is 0.200. The van der Waals surface area contributed by atoms with Crippen LogP contribution >= 0.6 is 11.6 Å². The number of ether oxygens (including phenoxy) is 2. The SMILES string of the molecule is CNC(=O)c1ccc(CN(C)C(=O)c2ccc(OCc3ccccc3Cl)c(OC)c2)cc1. The molecule has 2 amide bonds. The first-order chi connectivity index (χ1) is 15.4. The summed E-state index contributed by atoms with van der Waals surface area (Å²) in [4.78, 5) is 26.2. The Hall–Kier alpha value is -3.51. The largest absolute Gasteiger partial charge is 0.493 e. The van der Waals surface area contributed by atoms with Gasteiger partial charge in [0.2, 0.25) is 0 Å². The molecule has 0 aliphatic carbocycles. The summed E-state index contributed by atoms with van der Waals surface area (Å²) in [6, 6.07) is 19.7. The third kappa shape index (κ3) is 5.59. The second kappa shape index (κ2) is 10.7. The predicted octanol–water partition coefficient (Wildman–Crippen LogP) is 4.56. The van der Waals surface area contributed by atoms with Gasteiger partial charge in [0.05, 0.1) is 7.11 Å². The van der Waals surface area contributed by atoms with Crippen LogP contribution in [0.4, 0.5) is 0 Å². The topological polar surface area (TPSA) is 67.9 Å². The molecule has 3 aromatic rings. The van der Waals surface area contributed by atoms with Crippen LogP contribution in [-0.4, -0.2) is 37.9 Å². The van der Waals surface area contributed by atoms with Crippen molar-refractivity contribution in [1.82, 2.24) is 10.2 Å². The van der Waals surface area contributed by atoms with Crippen LogP contribution < -0.4 is 14.8 Å². The highest BCUT2D eigenvalue weighted by Gasteiger charge is 2.16. The van der Waals surface area contributed by atoms with Crippen LogP contribution in [0.25, 0.3) is 0 Å². The highest BCUT2D eigenvalue weighted by atomic mass is 35.5. The lowest BCUT2D eigenvalue weighted by molar-refractivity contribution is 0.0784. The van der Waals surface area contributed by atoms with E-state index in [1.54, 1.807) is 55.4 Å². The maximum Gasteiger partial charge on any atom is 0.254 e. The molecule has 0 saturated carbocycles. The summed E-state index contributed by atoms with van der Waals surface area (Å²) in [6.45, 7) is 0.690. The molecule has 0 spiro atoms. The minimum atomic E-state index is -0.156. The molecule has 0 bridgehead atoms. The molecule has 0 aliphatic heterocycles. The Kier molecular flexibility index (Phi) is 7.73. The highest BCUT2D eigenvalue weighted by molar-refractivity contribution is 6.31. The van der Waals surface area contributed by atoms with Crippen LogP contribution in [0.3, 0.4) is 0 Å². The number of hydrogen-bond donors (Lipinski definition) is 1. The van der Waals surface area contributed by atoms with Crippen molar-refractivity contribution in [3.05, 3.63) is 94.0 Å². The molecule has 0 heterocycles. The zero-order valence-electron chi connectivity index (χ0n) is 18.2. The number of methoxy groups -OCH3 is 1. The van der Waals surface area contributed by atoms with Gasteiger partial charge in [0.1, 0.15) is 6.61 Å². The standard InChI is InChI=1S/C25H25ClN2O4/c1-27-24(29)18-10-8-17(9-11-18)15-28(2)25(30)19-12-13-22(23(14-19)31-3)32-16-20-6-4-5-7-21(20)26/h4-14H,15-16H2,1-3H3,(H,27,29). The molecule has 0 aliphatic rings. The van der Waals surface area contributed by atoms with Gasteiger partial charge in [-0.05, 0) is 42.0 Å². The van der Waals surface area contributed by atoms with Crippen LogP contribution in [0.5, 0.6) is 11.5 Å². The van der Waals surface area contributed by atoms with E-state index in [2.05, 4.69) is 5.32 Å². The molecule has 3 aromatic carbocycles. The summed E-state index contributed by atoms with van der Waals surface area (Å²) in [5.41, 5.74) is 2.83. The van der Waals surface area contributed by atoms with Crippen molar-refractivity contribution in [2.75, 3.05) is 21.2 Å². The van der Waals surface area contributed by atoms with Gasteiger partial charge in [-0.25, -0.2) is 0 Å². The quantitative estimate of drug-likeness (QED) is 0.544. The molecular formula is C25H25ClN2O4. The lowest BCUT2D eigenvalue weighted by Gasteiger charge is -2.19. The number of carbonyl (C=O) groups excluding carboxylic acids is 2. The summed E-state index contributed by atoms with van der Waals surface area (Å²) in [5.74, 6) is 0.684. The maximum absolute atomic E-state index is 12.9. The minimum Gasteiger partial charge on any atom is -0.493 e. The molecule has 6 nitrogen and oxygen atoms in total. The first kappa shape index (κ1) is 23.2. The Bertz CT molecular complexity index is 1100. The van der Waals surface area contributed by atoms with Gasteiger partial charge >= 0.3 is 0 Å². The molecular weight excluding hydrogens is 428 g/mol. The molecule has 0 atom stereocenters. The average Bonchev–Trinajstić information content (AvgIpc) is 2.83. The molecule has 3 rings (SSSR count). The van der Waals surface area contributed by atoms with Crippen LogP contribution in [0.2, 0.25) is 5.02 Å². The predicted molar refractivity (Wildman–Crippen MR) is 124 cm³/mol. The van der Waals surface area contributed by atoms with Gasteiger partial charge in [-0.1, -0.05) is 41.9 Å². The Labute approximate surface area is 192 Å². The second-order valence-corrected chi connectivity index (χ2v) is 7.59. The lowest BCUT2D eigenvalue weighted by atomic mass is 10.1. The Morgan fingerprint density at radius 2 is 1.66 bits per heavy atom. The van der Waals surface area contributed by atoms with Crippen molar-refractivity contribution in [3.8, 4) is 11.5 Å². The van der Waals surface area contributed by atoms with Crippen LogP contribution in [0.15, 0.2) is 66.7 Å². The zero-order chi connectivity index (χ0) is 23.1. The van der Waals surface area contributed by atoms with E-state index in [0.29, 0.717) is 34.2 Å². The van der Waals surface area contributed by atoms with Crippen molar-refractivity contribution < 1.29 is 19.1 Å². The number of hydrogen-bond acceptors (Lipinski definition) is 4. The Morgan fingerprint density at radius 3 is 2.31 bits per heavy atom. The van der Waals surface area contributed by atoms with Crippen LogP contribution in [0.1, 0.15) is 31.8 Å². The normalized spacial score (nSPS) is 10.4. The molecule has 7 heteroatoms. The first-order valence-electron chi connectivity index (χ1n) is 10.0. The summed E-state index contributed by atoms with van der Waals surface area (Å²) < 4.78 is 11.3. The van der Waals surface area contributed by atoms with E-state index in [9.17, 15) is 9.59 Å². The third-order valence-corrected chi connectivity index (χ3v) is 5.33. The van der Waals surface area contributed by atoms with E-state index in [4.69, 9.17) is 21.1 Å². The molecule has 32 heavy (non-hydrogen) atoms. The number of amides is 2. The molecule has 0 aromatic heterocycles. The van der Waals surface area contributed by atoms with Gasteiger partial charge < -0.3 is 19.7 Å². The van der Waals surface area contributed by atoms with Crippen molar-refractivity contribution in [2.24, 2.45) is 0 Å². The molecule has 1 N–H and O–H groups in total. The number of benzene rings is 3. The average molecular weight is 453 g/mol. The van der Waals surface area contributed by atoms with Gasteiger partial charge in [-0.15, -0.1) is 0 Å². The van der Waals surface area contributed by atoms with E-state index in [-0.39, 0.29) is 18.4 Å². The summed E-state index contributed by atoms with van der Waals surface area (Å²) >= 11 is 6.18. The van der Waals surface area contributed by atoms with Crippen LogP contribution in [-0.2, 0) is 13.2 Å². The fourth-order valence-electron chi connectivity index (χ4n) is 3.16. The highest BCUT2D eigenvalue weighted by Crippen LogP contribution is 2.30. The van der Waals surface area contributed by atoms with Crippen molar-refractivity contribution >= 4 is 23.4 Å². The maximum atomic E-state index is 12.9. The number of nitrogens with one attached hydrogen (secondary N) is 1. The van der Waals surface area contributed by atoms with Crippen molar-refractivity contribution in [3.63, 3.8) is 0 Å². The van der Waals surface area contributed by atoms with Gasteiger partial charge in [0.25, 0.3) is 11.8 Å². The number of rotatable bonds is 8. The van der Waals surface area contributed by atoms with Gasteiger partial charge in [-0.3, -0.25) is 9.59 Å². The minimum absolute atomic E-state index is 0.148. The van der Waals surface area contributed by atoms with E-state index < -0.39 is 0 Å². The fourth-order valence-corrected chi connectivity index (χ4v) is 3.35. The molecule has 0 radical (unpaired) electrons. The number of carbonyl (C=O) groups is 2. The second-order valence-electron chi connectivity index (χ2n) is 7.18. The van der Waals surface area contributed by atoms with Gasteiger partial charge in [0, 0.05) is 42.4 Å². The van der Waals surface area contributed by atoms with Gasteiger partial charge in [0.15, 0.2) is 11.5 Å².